The van der Waals surface area contributed by atoms with E-state index >= 15 is 0 Å². The Kier molecular flexibility index (Phi) is 6.49. The Balaban J connectivity index is 1.22. The van der Waals surface area contributed by atoms with Gasteiger partial charge >= 0.3 is 12.1 Å². The number of nitrogens with zero attached hydrogens (tertiary/aromatic N) is 2. The van der Waals surface area contributed by atoms with Gasteiger partial charge in [-0.1, -0.05) is 18.2 Å². The molecule has 228 valence electrons. The zero-order chi connectivity index (χ0) is 30.3. The van der Waals surface area contributed by atoms with Crippen LogP contribution in [0, 0.1) is 5.92 Å². The van der Waals surface area contributed by atoms with E-state index in [-0.39, 0.29) is 18.0 Å². The second kappa shape index (κ2) is 9.82. The fraction of sp³-hybridized carbons (Fsp3) is 0.515. The Morgan fingerprint density at radius 2 is 1.88 bits per heavy atom. The summed E-state index contributed by atoms with van der Waals surface area (Å²) in [5.41, 5.74) is -0.127. The minimum atomic E-state index is -4.43. The third-order valence-electron chi connectivity index (χ3n) is 10.5. The summed E-state index contributed by atoms with van der Waals surface area (Å²) >= 11 is 0. The number of esters is 1. The van der Waals surface area contributed by atoms with E-state index in [1.807, 2.05) is 6.07 Å². The molecule has 7 rings (SSSR count). The van der Waals surface area contributed by atoms with Crippen LogP contribution in [0.15, 0.2) is 42.5 Å². The van der Waals surface area contributed by atoms with Crippen LogP contribution < -0.4 is 9.47 Å². The van der Waals surface area contributed by atoms with Crippen molar-refractivity contribution in [1.29, 1.82) is 0 Å². The third-order valence-corrected chi connectivity index (χ3v) is 10.5. The van der Waals surface area contributed by atoms with Gasteiger partial charge in [0, 0.05) is 38.2 Å². The molecule has 2 aromatic rings. The molecular weight excluding hydrogens is 561 g/mol. The first-order chi connectivity index (χ1) is 20.4. The molecule has 2 aromatic carbocycles. The number of carbonyl (C=O) groups excluding carboxylic acids is 2. The molecule has 0 radical (unpaired) electrons. The van der Waals surface area contributed by atoms with Gasteiger partial charge in [0.1, 0.15) is 6.10 Å². The maximum absolute atomic E-state index is 13.5. The number of rotatable bonds is 6. The zero-order valence-electron chi connectivity index (χ0n) is 24.2. The molecule has 43 heavy (non-hydrogen) atoms. The molecule has 1 amide bonds. The van der Waals surface area contributed by atoms with Gasteiger partial charge < -0.3 is 19.5 Å². The van der Waals surface area contributed by atoms with Crippen molar-refractivity contribution in [2.75, 3.05) is 20.1 Å². The molecule has 2 aliphatic heterocycles. The van der Waals surface area contributed by atoms with Gasteiger partial charge in [0.05, 0.1) is 22.6 Å². The normalized spacial score (nSPS) is 31.0. The van der Waals surface area contributed by atoms with Crippen LogP contribution in [0.25, 0.3) is 6.08 Å². The highest BCUT2D eigenvalue weighted by molar-refractivity contribution is 5.92. The summed E-state index contributed by atoms with van der Waals surface area (Å²) in [6.45, 7) is 3.12. The number of likely N-dealkylation sites (N-methyl/N-ethyl adjacent to an activating group) is 1. The third kappa shape index (κ3) is 4.39. The van der Waals surface area contributed by atoms with E-state index in [0.717, 1.165) is 36.3 Å². The van der Waals surface area contributed by atoms with Gasteiger partial charge in [0.2, 0.25) is 5.91 Å². The summed E-state index contributed by atoms with van der Waals surface area (Å²) in [5.74, 6) is 0.704. The fourth-order valence-corrected chi connectivity index (χ4v) is 8.31. The molecule has 2 unspecified atom stereocenters. The molecule has 3 aliphatic carbocycles. The average molecular weight is 597 g/mol. The van der Waals surface area contributed by atoms with Crippen molar-refractivity contribution in [3.63, 3.8) is 0 Å². The Morgan fingerprint density at radius 1 is 1.14 bits per heavy atom. The number of hydrogen-bond donors (Lipinski definition) is 1. The summed E-state index contributed by atoms with van der Waals surface area (Å²) in [6, 6.07) is 7.95. The summed E-state index contributed by atoms with van der Waals surface area (Å²) in [7, 11) is 1.70. The predicted molar refractivity (Wildman–Crippen MR) is 151 cm³/mol. The van der Waals surface area contributed by atoms with Crippen molar-refractivity contribution in [3.05, 3.63) is 64.7 Å². The molecule has 7 nitrogen and oxygen atoms in total. The van der Waals surface area contributed by atoms with Crippen molar-refractivity contribution in [2.45, 2.75) is 80.8 Å². The summed E-state index contributed by atoms with van der Waals surface area (Å²) in [4.78, 5) is 29.5. The number of ether oxygens (including phenoxy) is 2. The second-order valence-electron chi connectivity index (χ2n) is 12.9. The van der Waals surface area contributed by atoms with Crippen LogP contribution in [0.1, 0.15) is 61.3 Å². The fourth-order valence-electron chi connectivity index (χ4n) is 8.31. The quantitative estimate of drug-likeness (QED) is 0.295. The van der Waals surface area contributed by atoms with E-state index in [2.05, 4.69) is 4.90 Å². The van der Waals surface area contributed by atoms with Crippen molar-refractivity contribution < 1.29 is 37.3 Å². The molecule has 5 aliphatic rings. The van der Waals surface area contributed by atoms with E-state index in [9.17, 15) is 27.9 Å². The Morgan fingerprint density at radius 3 is 2.56 bits per heavy atom. The smallest absolute Gasteiger partial charge is 0.416 e. The molecular formula is C33H35F3N2O5. The van der Waals surface area contributed by atoms with Gasteiger partial charge in [-0.25, -0.2) is 0 Å². The standard InChI is InChI=1S/C33H35F3N2O5/c1-19(39)42-25-11-8-22-17-26-32(41)14-13-24(37(2)27(40)12-7-20-5-9-23(10-6-20)33(34,35)36)30-31(32,28(22)29(25)43-30)15-16-38(26)18-21-3-4-21/h5-12,21,24,26,30,41H,3-4,13-18H2,1-2H3/b12-7+/t24?,26-,30?,31+,32-/m1/s1. The maximum atomic E-state index is 13.5. The van der Waals surface area contributed by atoms with E-state index in [1.165, 1.54) is 44.1 Å². The highest BCUT2D eigenvalue weighted by Gasteiger charge is 2.73. The molecule has 2 bridgehead atoms. The lowest BCUT2D eigenvalue weighted by Gasteiger charge is -2.64. The van der Waals surface area contributed by atoms with Crippen molar-refractivity contribution in [2.24, 2.45) is 5.92 Å². The van der Waals surface area contributed by atoms with Crippen LogP contribution in [-0.2, 0) is 27.6 Å². The lowest BCUT2D eigenvalue weighted by Crippen LogP contribution is -2.78. The minimum Gasteiger partial charge on any atom is -0.483 e. The summed E-state index contributed by atoms with van der Waals surface area (Å²) in [5, 5.41) is 12.7. The van der Waals surface area contributed by atoms with Gasteiger partial charge in [-0.15, -0.1) is 0 Å². The van der Waals surface area contributed by atoms with E-state index in [1.54, 1.807) is 18.0 Å². The molecule has 1 spiro atoms. The predicted octanol–water partition coefficient (Wildman–Crippen LogP) is 4.74. The first-order valence-electron chi connectivity index (χ1n) is 15.0. The van der Waals surface area contributed by atoms with Crippen LogP contribution in [-0.4, -0.2) is 70.7 Å². The SMILES string of the molecule is CC(=O)Oc1ccc2c3c1OC1C(N(C)C(=O)/C=C/c4ccc(C(F)(F)F)cc4)CC[C@@]4(O)[C@@H](C2)N(CC2CC2)CC[C@]314. The van der Waals surface area contributed by atoms with Crippen LogP contribution in [0.3, 0.4) is 0 Å². The van der Waals surface area contributed by atoms with Gasteiger partial charge in [-0.3, -0.25) is 14.5 Å². The maximum Gasteiger partial charge on any atom is 0.416 e. The van der Waals surface area contributed by atoms with Crippen LogP contribution in [0.2, 0.25) is 0 Å². The highest BCUT2D eigenvalue weighted by Crippen LogP contribution is 2.66. The summed E-state index contributed by atoms with van der Waals surface area (Å²) in [6.07, 6.45) is 2.65. The first kappa shape index (κ1) is 28.4. The number of benzene rings is 2. The van der Waals surface area contributed by atoms with Crippen molar-refractivity contribution in [1.82, 2.24) is 9.80 Å². The summed E-state index contributed by atoms with van der Waals surface area (Å²) < 4.78 is 51.1. The molecule has 10 heteroatoms. The number of aliphatic hydroxyl groups is 1. The van der Waals surface area contributed by atoms with Gasteiger partial charge in [0.15, 0.2) is 11.5 Å². The molecule has 1 saturated heterocycles. The van der Waals surface area contributed by atoms with Crippen molar-refractivity contribution >= 4 is 18.0 Å². The molecule has 2 saturated carbocycles. The van der Waals surface area contributed by atoms with Crippen LogP contribution >= 0.6 is 0 Å². The van der Waals surface area contributed by atoms with Gasteiger partial charge in [-0.05, 0) is 86.4 Å². The number of hydrogen-bond acceptors (Lipinski definition) is 6. The monoisotopic (exact) mass is 596 g/mol. The zero-order valence-corrected chi connectivity index (χ0v) is 24.2. The molecule has 5 atom stereocenters. The average Bonchev–Trinajstić information content (AvgIpc) is 3.70. The molecule has 0 aromatic heterocycles. The van der Waals surface area contributed by atoms with Crippen LogP contribution in [0.4, 0.5) is 13.2 Å². The molecule has 1 N–H and O–H groups in total. The number of amides is 1. The molecule has 2 heterocycles. The largest absolute Gasteiger partial charge is 0.483 e. The highest BCUT2D eigenvalue weighted by atomic mass is 19.4. The molecule has 3 fully saturated rings. The Hall–Kier alpha value is -3.37. The van der Waals surface area contributed by atoms with Crippen molar-refractivity contribution in [3.8, 4) is 11.5 Å². The second-order valence-corrected chi connectivity index (χ2v) is 12.9. The van der Waals surface area contributed by atoms with E-state index in [0.29, 0.717) is 48.7 Å². The number of piperidine rings is 1. The number of alkyl halides is 3. The lowest BCUT2D eigenvalue weighted by atomic mass is 9.48. The minimum absolute atomic E-state index is 0.0764. The van der Waals surface area contributed by atoms with E-state index < -0.39 is 34.8 Å². The lowest BCUT2D eigenvalue weighted by molar-refractivity contribution is -0.200. The Bertz CT molecular complexity index is 1500. The Labute approximate surface area is 248 Å². The first-order valence-corrected chi connectivity index (χ1v) is 15.0. The van der Waals surface area contributed by atoms with E-state index in [4.69, 9.17) is 9.47 Å². The number of carbonyl (C=O) groups is 2. The van der Waals surface area contributed by atoms with Crippen LogP contribution in [0.5, 0.6) is 11.5 Å². The number of halogens is 3. The number of likely N-dealkylation sites (tertiary alicyclic amines) is 1. The van der Waals surface area contributed by atoms with Gasteiger partial charge in [-0.2, -0.15) is 13.2 Å². The van der Waals surface area contributed by atoms with Gasteiger partial charge in [0.25, 0.3) is 0 Å². The topological polar surface area (TPSA) is 79.3 Å².